The van der Waals surface area contributed by atoms with Gasteiger partial charge in [0.25, 0.3) is 0 Å². The number of fused-ring (bicyclic) bond motifs is 1. The van der Waals surface area contributed by atoms with E-state index in [2.05, 4.69) is 20.8 Å². The van der Waals surface area contributed by atoms with Gasteiger partial charge in [-0.05, 0) is 73.5 Å². The highest BCUT2D eigenvalue weighted by atomic mass is 14.8. The Balaban J connectivity index is 1.38. The predicted molar refractivity (Wildman–Crippen MR) is 73.8 cm³/mol. The molecule has 0 aliphatic heterocycles. The van der Waals surface area contributed by atoms with Crippen LogP contribution in [0.25, 0.3) is 0 Å². The standard InChI is InChI=1S/C17H30/c1-4-8-17(15-11-16(15)17)9-7-12(2)10-13(3)14-5-6-14/h12-16H,4-11H2,1-3H3. The van der Waals surface area contributed by atoms with Crippen molar-refractivity contribution in [3.8, 4) is 0 Å². The van der Waals surface area contributed by atoms with Crippen molar-refractivity contribution in [2.45, 2.75) is 72.1 Å². The van der Waals surface area contributed by atoms with E-state index in [1.165, 1.54) is 50.4 Å². The molecule has 3 fully saturated rings. The minimum Gasteiger partial charge on any atom is -0.0654 e. The van der Waals surface area contributed by atoms with Gasteiger partial charge < -0.3 is 0 Å². The van der Waals surface area contributed by atoms with Crippen LogP contribution < -0.4 is 0 Å². The van der Waals surface area contributed by atoms with Crippen molar-refractivity contribution in [3.05, 3.63) is 0 Å². The normalized spacial score (nSPS) is 41.8. The molecule has 3 saturated carbocycles. The zero-order valence-corrected chi connectivity index (χ0v) is 12.0. The highest BCUT2D eigenvalue weighted by molar-refractivity contribution is 5.22. The smallest absolute Gasteiger partial charge is 0.0235 e. The van der Waals surface area contributed by atoms with E-state index in [4.69, 9.17) is 0 Å². The zero-order chi connectivity index (χ0) is 12.0. The van der Waals surface area contributed by atoms with E-state index in [9.17, 15) is 0 Å². The number of hydrogen-bond acceptors (Lipinski definition) is 0. The molecule has 4 atom stereocenters. The van der Waals surface area contributed by atoms with Crippen LogP contribution >= 0.6 is 0 Å². The number of hydrogen-bond donors (Lipinski definition) is 0. The summed E-state index contributed by atoms with van der Waals surface area (Å²) in [6.07, 6.45) is 12.2. The van der Waals surface area contributed by atoms with E-state index >= 15 is 0 Å². The van der Waals surface area contributed by atoms with Gasteiger partial charge in [0.1, 0.15) is 0 Å². The molecule has 0 bridgehead atoms. The van der Waals surface area contributed by atoms with Gasteiger partial charge in [0.05, 0.1) is 0 Å². The second-order valence-corrected chi connectivity index (χ2v) is 7.63. The first kappa shape index (κ1) is 12.1. The van der Waals surface area contributed by atoms with Gasteiger partial charge >= 0.3 is 0 Å². The molecule has 0 saturated heterocycles. The molecule has 0 N–H and O–H groups in total. The van der Waals surface area contributed by atoms with Crippen LogP contribution in [0.3, 0.4) is 0 Å². The molecule has 0 aromatic heterocycles. The summed E-state index contributed by atoms with van der Waals surface area (Å²) < 4.78 is 0. The molecule has 0 radical (unpaired) electrons. The van der Waals surface area contributed by atoms with Crippen LogP contribution in [0, 0.1) is 35.0 Å². The molecule has 0 heterocycles. The third-order valence-electron chi connectivity index (χ3n) is 6.18. The minimum absolute atomic E-state index is 0.881. The molecule has 98 valence electrons. The highest BCUT2D eigenvalue weighted by Gasteiger charge is 2.74. The topological polar surface area (TPSA) is 0 Å². The van der Waals surface area contributed by atoms with Crippen LogP contribution in [-0.2, 0) is 0 Å². The van der Waals surface area contributed by atoms with E-state index < -0.39 is 0 Å². The van der Waals surface area contributed by atoms with Crippen LogP contribution in [0.5, 0.6) is 0 Å². The highest BCUT2D eigenvalue weighted by Crippen LogP contribution is 2.81. The van der Waals surface area contributed by atoms with E-state index in [0.717, 1.165) is 23.2 Å². The summed E-state index contributed by atoms with van der Waals surface area (Å²) in [5.41, 5.74) is 0.881. The second-order valence-electron chi connectivity index (χ2n) is 7.63. The van der Waals surface area contributed by atoms with Crippen LogP contribution in [0.1, 0.15) is 72.1 Å². The molecule has 3 aliphatic carbocycles. The molecule has 0 heteroatoms. The largest absolute Gasteiger partial charge is 0.0654 e. The van der Waals surface area contributed by atoms with Crippen molar-refractivity contribution < 1.29 is 0 Å². The maximum Gasteiger partial charge on any atom is -0.0235 e. The molecule has 0 amide bonds. The van der Waals surface area contributed by atoms with Crippen molar-refractivity contribution >= 4 is 0 Å². The monoisotopic (exact) mass is 234 g/mol. The fourth-order valence-electron chi connectivity index (χ4n) is 4.63. The molecule has 0 aromatic carbocycles. The molecular weight excluding hydrogens is 204 g/mol. The Kier molecular flexibility index (Phi) is 3.04. The Morgan fingerprint density at radius 2 is 1.82 bits per heavy atom. The van der Waals surface area contributed by atoms with Gasteiger partial charge in [0.2, 0.25) is 0 Å². The average molecular weight is 234 g/mol. The van der Waals surface area contributed by atoms with E-state index in [-0.39, 0.29) is 0 Å². The van der Waals surface area contributed by atoms with Crippen molar-refractivity contribution in [1.82, 2.24) is 0 Å². The summed E-state index contributed by atoms with van der Waals surface area (Å²) in [5.74, 6) is 5.49. The first-order chi connectivity index (χ1) is 8.17. The van der Waals surface area contributed by atoms with Gasteiger partial charge in [-0.1, -0.05) is 33.6 Å². The third kappa shape index (κ3) is 2.29. The van der Waals surface area contributed by atoms with Crippen LogP contribution in [0.4, 0.5) is 0 Å². The molecular formula is C17H30. The lowest BCUT2D eigenvalue weighted by atomic mass is 9.80. The fraction of sp³-hybridized carbons (Fsp3) is 1.00. The lowest BCUT2D eigenvalue weighted by molar-refractivity contribution is 0.261. The Labute approximate surface area is 108 Å². The fourth-order valence-corrected chi connectivity index (χ4v) is 4.63. The molecule has 3 rings (SSSR count). The van der Waals surface area contributed by atoms with Crippen molar-refractivity contribution in [2.24, 2.45) is 35.0 Å². The van der Waals surface area contributed by atoms with E-state index in [1.807, 2.05) is 0 Å². The van der Waals surface area contributed by atoms with Crippen LogP contribution in [0.2, 0.25) is 0 Å². The summed E-state index contributed by atoms with van der Waals surface area (Å²) in [5, 5.41) is 0. The SMILES string of the molecule is CCCC1(CCC(C)CC(C)C2CC2)C2CC21. The summed E-state index contributed by atoms with van der Waals surface area (Å²) in [6.45, 7) is 7.37. The lowest BCUT2D eigenvalue weighted by Crippen LogP contribution is -2.14. The maximum atomic E-state index is 2.51. The molecule has 3 aliphatic rings. The lowest BCUT2D eigenvalue weighted by Gasteiger charge is -2.25. The average Bonchev–Trinajstić information content (AvgIpc) is 3.14. The summed E-state index contributed by atoms with van der Waals surface area (Å²) in [4.78, 5) is 0. The maximum absolute atomic E-state index is 2.51. The zero-order valence-electron chi connectivity index (χ0n) is 12.0. The summed E-state index contributed by atoms with van der Waals surface area (Å²) >= 11 is 0. The Morgan fingerprint density at radius 3 is 2.29 bits per heavy atom. The summed E-state index contributed by atoms with van der Waals surface area (Å²) in [7, 11) is 0. The van der Waals surface area contributed by atoms with Gasteiger partial charge in [-0.3, -0.25) is 0 Å². The Bertz CT molecular complexity index is 268. The minimum atomic E-state index is 0.881. The summed E-state index contributed by atoms with van der Waals surface area (Å²) in [6, 6.07) is 0. The second kappa shape index (κ2) is 4.28. The predicted octanol–water partition coefficient (Wildman–Crippen LogP) is 5.28. The quantitative estimate of drug-likeness (QED) is 0.536. The molecule has 0 nitrogen and oxygen atoms in total. The van der Waals surface area contributed by atoms with Crippen LogP contribution in [0.15, 0.2) is 0 Å². The van der Waals surface area contributed by atoms with E-state index in [1.54, 1.807) is 12.8 Å². The number of rotatable bonds is 8. The van der Waals surface area contributed by atoms with Crippen molar-refractivity contribution in [2.75, 3.05) is 0 Å². The van der Waals surface area contributed by atoms with E-state index in [0.29, 0.717) is 0 Å². The molecule has 0 aromatic rings. The third-order valence-corrected chi connectivity index (χ3v) is 6.18. The van der Waals surface area contributed by atoms with Gasteiger partial charge in [-0.25, -0.2) is 0 Å². The van der Waals surface area contributed by atoms with Gasteiger partial charge in [-0.15, -0.1) is 0 Å². The van der Waals surface area contributed by atoms with Gasteiger partial charge in [-0.2, -0.15) is 0 Å². The molecule has 17 heavy (non-hydrogen) atoms. The first-order valence-electron chi connectivity index (χ1n) is 8.17. The Morgan fingerprint density at radius 1 is 1.12 bits per heavy atom. The van der Waals surface area contributed by atoms with Gasteiger partial charge in [0.15, 0.2) is 0 Å². The molecule has 4 unspecified atom stereocenters. The van der Waals surface area contributed by atoms with Crippen molar-refractivity contribution in [1.29, 1.82) is 0 Å². The van der Waals surface area contributed by atoms with Crippen LogP contribution in [-0.4, -0.2) is 0 Å². The Hall–Kier alpha value is 0. The first-order valence-corrected chi connectivity index (χ1v) is 8.17. The van der Waals surface area contributed by atoms with Crippen molar-refractivity contribution in [3.63, 3.8) is 0 Å². The van der Waals surface area contributed by atoms with Gasteiger partial charge in [0, 0.05) is 0 Å². The molecule has 0 spiro atoms.